The smallest absolute Gasteiger partial charge is 0.264 e. The lowest BCUT2D eigenvalue weighted by Crippen LogP contribution is -2.29. The summed E-state index contributed by atoms with van der Waals surface area (Å²) in [5.41, 5.74) is 2.61. The number of aryl methyl sites for hydroxylation is 1. The second-order valence-corrected chi connectivity index (χ2v) is 5.42. The van der Waals surface area contributed by atoms with Gasteiger partial charge in [0.1, 0.15) is 6.04 Å². The van der Waals surface area contributed by atoms with Crippen LogP contribution in [0, 0.1) is 5.95 Å². The molecular formula is C13H16BrFN6O. The van der Waals surface area contributed by atoms with Crippen molar-refractivity contribution >= 4 is 28.1 Å². The summed E-state index contributed by atoms with van der Waals surface area (Å²) in [6.45, 7) is 4.08. The lowest BCUT2D eigenvalue weighted by Gasteiger charge is -2.12. The highest BCUT2D eigenvalue weighted by molar-refractivity contribution is 9.10. The molecule has 2 aromatic rings. The fourth-order valence-corrected chi connectivity index (χ4v) is 2.21. The Bertz CT molecular complexity index is 680. The SMILES string of the molecule is CC[C@H](C(=O)N/N=C\c1cnn(CC)c1F)n1cc(Br)cn1. The first-order valence-corrected chi connectivity index (χ1v) is 7.60. The van der Waals surface area contributed by atoms with E-state index in [0.717, 1.165) is 4.47 Å². The topological polar surface area (TPSA) is 77.1 Å². The number of carbonyl (C=O) groups is 1. The maximum absolute atomic E-state index is 13.7. The van der Waals surface area contributed by atoms with Crippen LogP contribution < -0.4 is 5.43 Å². The fourth-order valence-electron chi connectivity index (χ4n) is 1.91. The molecule has 1 N–H and O–H groups in total. The molecule has 0 aliphatic rings. The molecule has 2 heterocycles. The third-order valence-electron chi connectivity index (χ3n) is 3.06. The summed E-state index contributed by atoms with van der Waals surface area (Å²) in [4.78, 5) is 12.1. The van der Waals surface area contributed by atoms with Gasteiger partial charge in [-0.2, -0.15) is 19.7 Å². The predicted octanol–water partition coefficient (Wildman–Crippen LogP) is 2.10. The quantitative estimate of drug-likeness (QED) is 0.624. The van der Waals surface area contributed by atoms with Crippen LogP contribution in [0.1, 0.15) is 31.9 Å². The Morgan fingerprint density at radius 1 is 1.50 bits per heavy atom. The van der Waals surface area contributed by atoms with Gasteiger partial charge < -0.3 is 0 Å². The molecule has 118 valence electrons. The molecule has 2 aromatic heterocycles. The van der Waals surface area contributed by atoms with Crippen molar-refractivity contribution in [3.8, 4) is 0 Å². The second-order valence-electron chi connectivity index (χ2n) is 4.50. The zero-order valence-corrected chi connectivity index (χ0v) is 13.8. The normalized spacial score (nSPS) is 12.7. The van der Waals surface area contributed by atoms with Gasteiger partial charge in [0, 0.05) is 12.7 Å². The third-order valence-corrected chi connectivity index (χ3v) is 3.47. The van der Waals surface area contributed by atoms with Crippen molar-refractivity contribution in [2.24, 2.45) is 5.10 Å². The van der Waals surface area contributed by atoms with Crippen LogP contribution in [0.2, 0.25) is 0 Å². The fraction of sp³-hybridized carbons (Fsp3) is 0.385. The number of aromatic nitrogens is 4. The van der Waals surface area contributed by atoms with E-state index in [1.807, 2.05) is 6.92 Å². The van der Waals surface area contributed by atoms with Crippen molar-refractivity contribution in [1.29, 1.82) is 0 Å². The van der Waals surface area contributed by atoms with E-state index >= 15 is 0 Å². The average Bonchev–Trinajstić information content (AvgIpc) is 3.07. The number of halogens is 2. The van der Waals surface area contributed by atoms with E-state index in [2.05, 4.69) is 36.7 Å². The van der Waals surface area contributed by atoms with E-state index in [9.17, 15) is 9.18 Å². The summed E-state index contributed by atoms with van der Waals surface area (Å²) in [6.07, 6.45) is 6.46. The van der Waals surface area contributed by atoms with Gasteiger partial charge >= 0.3 is 0 Å². The van der Waals surface area contributed by atoms with Crippen molar-refractivity contribution in [2.45, 2.75) is 32.9 Å². The van der Waals surface area contributed by atoms with Crippen LogP contribution in [0.3, 0.4) is 0 Å². The van der Waals surface area contributed by atoms with E-state index < -0.39 is 12.0 Å². The highest BCUT2D eigenvalue weighted by Gasteiger charge is 2.18. The zero-order chi connectivity index (χ0) is 16.1. The highest BCUT2D eigenvalue weighted by Crippen LogP contribution is 2.14. The van der Waals surface area contributed by atoms with Crippen LogP contribution in [0.15, 0.2) is 28.2 Å². The minimum absolute atomic E-state index is 0.219. The molecule has 9 heteroatoms. The number of hydrazone groups is 1. The van der Waals surface area contributed by atoms with E-state index in [-0.39, 0.29) is 11.5 Å². The standard InChI is InChI=1S/C13H16BrFN6O/c1-3-11(21-8-10(14)7-18-21)13(22)19-16-5-9-6-17-20(4-2)12(9)15/h5-8,11H,3-4H2,1-2H3,(H,19,22)/b16-5-/t11-/m1/s1. The minimum atomic E-state index is -0.483. The Kier molecular flexibility index (Phi) is 5.42. The first-order chi connectivity index (χ1) is 10.6. The Labute approximate surface area is 135 Å². The van der Waals surface area contributed by atoms with Gasteiger partial charge in [0.2, 0.25) is 5.95 Å². The Balaban J connectivity index is 2.01. The van der Waals surface area contributed by atoms with E-state index in [0.29, 0.717) is 13.0 Å². The summed E-state index contributed by atoms with van der Waals surface area (Å²) in [5.74, 6) is -0.804. The van der Waals surface area contributed by atoms with Gasteiger partial charge in [-0.05, 0) is 29.3 Å². The Hall–Kier alpha value is -2.03. The van der Waals surface area contributed by atoms with Gasteiger partial charge in [-0.1, -0.05) is 6.92 Å². The molecule has 2 rings (SSSR count). The van der Waals surface area contributed by atoms with Crippen LogP contribution in [-0.2, 0) is 11.3 Å². The molecule has 1 atom stereocenters. The van der Waals surface area contributed by atoms with Gasteiger partial charge in [0.15, 0.2) is 0 Å². The van der Waals surface area contributed by atoms with Crippen LogP contribution >= 0.6 is 15.9 Å². The molecule has 0 spiro atoms. The van der Waals surface area contributed by atoms with E-state index in [4.69, 9.17) is 0 Å². The van der Waals surface area contributed by atoms with Gasteiger partial charge in [-0.15, -0.1) is 0 Å². The van der Waals surface area contributed by atoms with Crippen molar-refractivity contribution < 1.29 is 9.18 Å². The molecule has 0 saturated heterocycles. The first kappa shape index (κ1) is 16.3. The summed E-state index contributed by atoms with van der Waals surface area (Å²) in [7, 11) is 0. The van der Waals surface area contributed by atoms with Crippen LogP contribution in [0.4, 0.5) is 4.39 Å². The molecule has 0 bridgehead atoms. The monoisotopic (exact) mass is 370 g/mol. The lowest BCUT2D eigenvalue weighted by atomic mass is 10.2. The maximum atomic E-state index is 13.7. The number of nitrogens with zero attached hydrogens (tertiary/aromatic N) is 5. The van der Waals surface area contributed by atoms with Crippen LogP contribution in [0.5, 0.6) is 0 Å². The number of carbonyl (C=O) groups excluding carboxylic acids is 1. The van der Waals surface area contributed by atoms with Crippen molar-refractivity contribution in [2.75, 3.05) is 0 Å². The van der Waals surface area contributed by atoms with Gasteiger partial charge in [0.25, 0.3) is 5.91 Å². The third kappa shape index (κ3) is 3.59. The molecular weight excluding hydrogens is 355 g/mol. The summed E-state index contributed by atoms with van der Waals surface area (Å²) >= 11 is 3.28. The van der Waals surface area contributed by atoms with Crippen LogP contribution in [-0.4, -0.2) is 31.7 Å². The molecule has 0 unspecified atom stereocenters. The molecule has 1 amide bonds. The summed E-state index contributed by atoms with van der Waals surface area (Å²) < 4.78 is 17.3. The summed E-state index contributed by atoms with van der Waals surface area (Å²) in [6, 6.07) is -0.480. The van der Waals surface area contributed by atoms with E-state index in [1.54, 1.807) is 24.0 Å². The minimum Gasteiger partial charge on any atom is -0.271 e. The Morgan fingerprint density at radius 2 is 2.27 bits per heavy atom. The first-order valence-electron chi connectivity index (χ1n) is 6.80. The number of hydrogen-bond acceptors (Lipinski definition) is 4. The number of rotatable bonds is 6. The van der Waals surface area contributed by atoms with Crippen LogP contribution in [0.25, 0.3) is 0 Å². The molecule has 7 nitrogen and oxygen atoms in total. The number of hydrogen-bond donors (Lipinski definition) is 1. The largest absolute Gasteiger partial charge is 0.271 e. The number of nitrogens with one attached hydrogen (secondary N) is 1. The van der Waals surface area contributed by atoms with Crippen molar-refractivity contribution in [3.63, 3.8) is 0 Å². The molecule has 0 aliphatic heterocycles. The number of amides is 1. The van der Waals surface area contributed by atoms with E-state index in [1.165, 1.54) is 17.1 Å². The van der Waals surface area contributed by atoms with Gasteiger partial charge in [0.05, 0.1) is 28.6 Å². The highest BCUT2D eigenvalue weighted by atomic mass is 79.9. The molecule has 0 fully saturated rings. The zero-order valence-electron chi connectivity index (χ0n) is 12.2. The molecule has 0 aliphatic carbocycles. The maximum Gasteiger partial charge on any atom is 0.264 e. The molecule has 0 radical (unpaired) electrons. The second kappa shape index (κ2) is 7.30. The van der Waals surface area contributed by atoms with Crippen molar-refractivity contribution in [3.05, 3.63) is 34.6 Å². The molecule has 0 saturated carbocycles. The van der Waals surface area contributed by atoms with Gasteiger partial charge in [-0.25, -0.2) is 10.1 Å². The summed E-state index contributed by atoms with van der Waals surface area (Å²) in [5, 5.41) is 11.7. The average molecular weight is 371 g/mol. The Morgan fingerprint density at radius 3 is 2.82 bits per heavy atom. The molecule has 22 heavy (non-hydrogen) atoms. The lowest BCUT2D eigenvalue weighted by molar-refractivity contribution is -0.124. The van der Waals surface area contributed by atoms with Crippen molar-refractivity contribution in [1.82, 2.24) is 25.0 Å². The van der Waals surface area contributed by atoms with Gasteiger partial charge in [-0.3, -0.25) is 9.48 Å². The molecule has 0 aromatic carbocycles. The predicted molar refractivity (Wildman–Crippen MR) is 82.9 cm³/mol.